The van der Waals surface area contributed by atoms with Crippen molar-refractivity contribution in [3.63, 3.8) is 0 Å². The van der Waals surface area contributed by atoms with Gasteiger partial charge in [-0.25, -0.2) is 0 Å². The van der Waals surface area contributed by atoms with E-state index in [1.165, 1.54) is 6.42 Å². The fraction of sp³-hybridized carbons (Fsp3) is 0.667. The molecule has 0 bridgehead atoms. The van der Waals surface area contributed by atoms with Crippen molar-refractivity contribution >= 4 is 11.6 Å². The van der Waals surface area contributed by atoms with Crippen LogP contribution < -0.4 is 5.32 Å². The van der Waals surface area contributed by atoms with Gasteiger partial charge in [0.15, 0.2) is 5.22 Å². The minimum absolute atomic E-state index is 0.247. The summed E-state index contributed by atoms with van der Waals surface area (Å²) in [6.07, 6.45) is 3.95. The monoisotopic (exact) mass is 243 g/mol. The maximum absolute atomic E-state index is 6.04. The molecular formula is C12H18ClNO2. The molecule has 0 spiro atoms. The van der Waals surface area contributed by atoms with Crippen LogP contribution in [0, 0.1) is 5.92 Å². The van der Waals surface area contributed by atoms with Crippen LogP contribution in [-0.2, 0) is 4.74 Å². The number of halogens is 1. The molecule has 2 atom stereocenters. The lowest BCUT2D eigenvalue weighted by Crippen LogP contribution is -2.33. The summed E-state index contributed by atoms with van der Waals surface area (Å²) >= 11 is 6.04. The van der Waals surface area contributed by atoms with E-state index in [1.54, 1.807) is 6.26 Å². The van der Waals surface area contributed by atoms with E-state index in [0.29, 0.717) is 11.1 Å². The maximum Gasteiger partial charge on any atom is 0.197 e. The van der Waals surface area contributed by atoms with E-state index in [1.807, 2.05) is 6.07 Å². The molecule has 1 saturated heterocycles. The number of hydrogen-bond acceptors (Lipinski definition) is 3. The summed E-state index contributed by atoms with van der Waals surface area (Å²) in [5.41, 5.74) is 1.05. The highest BCUT2D eigenvalue weighted by Crippen LogP contribution is 2.33. The highest BCUT2D eigenvalue weighted by molar-refractivity contribution is 6.29. The van der Waals surface area contributed by atoms with Crippen molar-refractivity contribution in [3.05, 3.63) is 23.1 Å². The summed E-state index contributed by atoms with van der Waals surface area (Å²) in [6.45, 7) is 4.71. The number of furan rings is 1. The van der Waals surface area contributed by atoms with Crippen molar-refractivity contribution in [3.8, 4) is 0 Å². The molecule has 0 aromatic carbocycles. The maximum atomic E-state index is 6.04. The van der Waals surface area contributed by atoms with E-state index in [-0.39, 0.29) is 6.04 Å². The van der Waals surface area contributed by atoms with Crippen molar-refractivity contribution in [1.29, 1.82) is 0 Å². The molecule has 1 fully saturated rings. The van der Waals surface area contributed by atoms with Crippen molar-refractivity contribution in [1.82, 2.24) is 5.32 Å². The van der Waals surface area contributed by atoms with Gasteiger partial charge >= 0.3 is 0 Å². The van der Waals surface area contributed by atoms with Crippen molar-refractivity contribution in [2.24, 2.45) is 5.92 Å². The molecule has 0 radical (unpaired) electrons. The molecule has 1 aliphatic rings. The summed E-state index contributed by atoms with van der Waals surface area (Å²) in [6, 6.07) is 2.20. The molecule has 0 aliphatic carbocycles. The van der Waals surface area contributed by atoms with Crippen LogP contribution in [0.1, 0.15) is 31.4 Å². The normalized spacial score (nSPS) is 23.2. The van der Waals surface area contributed by atoms with Gasteiger partial charge in [0.2, 0.25) is 0 Å². The summed E-state index contributed by atoms with van der Waals surface area (Å²) in [7, 11) is 0. The summed E-state index contributed by atoms with van der Waals surface area (Å²) < 4.78 is 10.7. The Hall–Kier alpha value is -0.510. The van der Waals surface area contributed by atoms with Gasteiger partial charge in [-0.05, 0) is 37.1 Å². The molecule has 1 aromatic rings. The van der Waals surface area contributed by atoms with Crippen LogP contribution in [0.2, 0.25) is 5.22 Å². The smallest absolute Gasteiger partial charge is 0.197 e. The minimum Gasteiger partial charge on any atom is -0.453 e. The zero-order chi connectivity index (χ0) is 11.4. The van der Waals surface area contributed by atoms with E-state index in [2.05, 4.69) is 12.2 Å². The zero-order valence-electron chi connectivity index (χ0n) is 9.54. The van der Waals surface area contributed by atoms with Crippen LogP contribution in [0.25, 0.3) is 0 Å². The third-order valence-electron chi connectivity index (χ3n) is 3.07. The van der Waals surface area contributed by atoms with Crippen LogP contribution in [0.3, 0.4) is 0 Å². The first-order chi connectivity index (χ1) is 7.83. The Morgan fingerprint density at radius 1 is 1.62 bits per heavy atom. The van der Waals surface area contributed by atoms with Gasteiger partial charge in [-0.3, -0.25) is 0 Å². The fourth-order valence-electron chi connectivity index (χ4n) is 2.31. The Morgan fingerprint density at radius 2 is 2.50 bits per heavy atom. The Bertz CT molecular complexity index is 321. The van der Waals surface area contributed by atoms with Crippen LogP contribution >= 0.6 is 11.6 Å². The molecule has 4 heteroatoms. The molecule has 90 valence electrons. The van der Waals surface area contributed by atoms with E-state index in [0.717, 1.165) is 31.7 Å². The summed E-state index contributed by atoms with van der Waals surface area (Å²) in [5.74, 6) is 0.490. The standard InChI is InChI=1S/C12H18ClNO2/c1-2-14-11(9-4-3-6-15-8-9)10-5-7-16-12(10)13/h5,7,9,11,14H,2-4,6,8H2,1H3. The molecule has 2 unspecified atom stereocenters. The second-order valence-electron chi connectivity index (χ2n) is 4.16. The average Bonchev–Trinajstić information content (AvgIpc) is 2.73. The Morgan fingerprint density at radius 3 is 3.06 bits per heavy atom. The number of hydrogen-bond donors (Lipinski definition) is 1. The van der Waals surface area contributed by atoms with Crippen molar-refractivity contribution < 1.29 is 9.15 Å². The molecule has 1 aromatic heterocycles. The van der Waals surface area contributed by atoms with Gasteiger partial charge in [0.05, 0.1) is 12.9 Å². The van der Waals surface area contributed by atoms with E-state index < -0.39 is 0 Å². The molecule has 1 N–H and O–H groups in total. The second kappa shape index (κ2) is 5.71. The largest absolute Gasteiger partial charge is 0.453 e. The van der Waals surface area contributed by atoms with Crippen LogP contribution in [-0.4, -0.2) is 19.8 Å². The lowest BCUT2D eigenvalue weighted by molar-refractivity contribution is 0.0392. The minimum atomic E-state index is 0.247. The molecular weight excluding hydrogens is 226 g/mol. The number of ether oxygens (including phenoxy) is 1. The predicted molar refractivity (Wildman–Crippen MR) is 63.7 cm³/mol. The van der Waals surface area contributed by atoms with E-state index >= 15 is 0 Å². The molecule has 2 heterocycles. The molecule has 0 saturated carbocycles. The third kappa shape index (κ3) is 2.59. The van der Waals surface area contributed by atoms with Gasteiger partial charge in [-0.1, -0.05) is 6.92 Å². The summed E-state index contributed by atoms with van der Waals surface area (Å²) in [5, 5.41) is 3.97. The van der Waals surface area contributed by atoms with Crippen LogP contribution in [0.5, 0.6) is 0 Å². The lowest BCUT2D eigenvalue weighted by Gasteiger charge is -2.30. The van der Waals surface area contributed by atoms with Crippen LogP contribution in [0.4, 0.5) is 0 Å². The highest BCUT2D eigenvalue weighted by Gasteiger charge is 2.27. The van der Waals surface area contributed by atoms with Crippen LogP contribution in [0.15, 0.2) is 16.7 Å². The quantitative estimate of drug-likeness (QED) is 0.883. The predicted octanol–water partition coefficient (Wildman–Crippen LogP) is 3.01. The molecule has 3 nitrogen and oxygen atoms in total. The average molecular weight is 244 g/mol. The van der Waals surface area contributed by atoms with Crippen molar-refractivity contribution in [2.45, 2.75) is 25.8 Å². The third-order valence-corrected chi connectivity index (χ3v) is 3.38. The number of nitrogens with one attached hydrogen (secondary N) is 1. The molecule has 1 aliphatic heterocycles. The van der Waals surface area contributed by atoms with E-state index in [4.69, 9.17) is 20.8 Å². The lowest BCUT2D eigenvalue weighted by atomic mass is 9.90. The summed E-state index contributed by atoms with van der Waals surface area (Å²) in [4.78, 5) is 0. The van der Waals surface area contributed by atoms with E-state index in [9.17, 15) is 0 Å². The van der Waals surface area contributed by atoms with Gasteiger partial charge in [0.1, 0.15) is 0 Å². The van der Waals surface area contributed by atoms with Gasteiger partial charge in [-0.2, -0.15) is 0 Å². The Balaban J connectivity index is 2.12. The Kier molecular flexibility index (Phi) is 4.27. The first-order valence-electron chi connectivity index (χ1n) is 5.87. The van der Waals surface area contributed by atoms with Gasteiger partial charge < -0.3 is 14.5 Å². The fourth-order valence-corrected chi connectivity index (χ4v) is 2.54. The SMILES string of the molecule is CCNC(c1ccoc1Cl)C1CCCOC1. The zero-order valence-corrected chi connectivity index (χ0v) is 10.3. The Labute approximate surface area is 101 Å². The molecule has 0 amide bonds. The second-order valence-corrected chi connectivity index (χ2v) is 4.51. The van der Waals surface area contributed by atoms with Gasteiger partial charge in [-0.15, -0.1) is 0 Å². The highest BCUT2D eigenvalue weighted by atomic mass is 35.5. The molecule has 2 rings (SSSR count). The number of rotatable bonds is 4. The molecule has 16 heavy (non-hydrogen) atoms. The first kappa shape index (κ1) is 12.0. The first-order valence-corrected chi connectivity index (χ1v) is 6.24. The van der Waals surface area contributed by atoms with Gasteiger partial charge in [0.25, 0.3) is 0 Å². The topological polar surface area (TPSA) is 34.4 Å². The van der Waals surface area contributed by atoms with Gasteiger partial charge in [0, 0.05) is 24.1 Å². The van der Waals surface area contributed by atoms with Crippen molar-refractivity contribution in [2.75, 3.05) is 19.8 Å².